The normalized spacial score (nSPS) is 11.3. The molecule has 3 aromatic heterocycles. The number of hydrogen-bond acceptors (Lipinski definition) is 6. The summed E-state index contributed by atoms with van der Waals surface area (Å²) in [7, 11) is 0. The third-order valence-corrected chi connectivity index (χ3v) is 3.76. The van der Waals surface area contributed by atoms with E-state index in [0.29, 0.717) is 22.7 Å². The maximum absolute atomic E-state index is 5.95. The van der Waals surface area contributed by atoms with Gasteiger partial charge in [0.05, 0.1) is 5.69 Å². The summed E-state index contributed by atoms with van der Waals surface area (Å²) in [5.41, 5.74) is 8.65. The Labute approximate surface area is 94.8 Å². The Kier molecular flexibility index (Phi) is 1.97. The molecule has 0 fully saturated rings. The molecule has 0 radical (unpaired) electrons. The molecule has 16 heavy (non-hydrogen) atoms. The minimum Gasteiger partial charge on any atom is -0.395 e. The first-order valence-corrected chi connectivity index (χ1v) is 5.70. The molecule has 0 amide bonds. The van der Waals surface area contributed by atoms with Crippen LogP contribution in [-0.4, -0.2) is 10.3 Å². The summed E-state index contributed by atoms with van der Waals surface area (Å²) in [6.07, 6.45) is 2.40. The van der Waals surface area contributed by atoms with Crippen molar-refractivity contribution in [1.82, 2.24) is 10.3 Å². The summed E-state index contributed by atoms with van der Waals surface area (Å²) in [6.45, 7) is 2.06. The topological polar surface area (TPSA) is 78.1 Å². The second-order valence-electron chi connectivity index (χ2n) is 3.37. The minimum atomic E-state index is 0.653. The van der Waals surface area contributed by atoms with Crippen molar-refractivity contribution >= 4 is 27.3 Å². The van der Waals surface area contributed by atoms with Gasteiger partial charge < -0.3 is 14.8 Å². The fraction of sp³-hybridized carbons (Fsp3) is 0.200. The molecule has 2 N–H and O–H groups in total. The third-order valence-electron chi connectivity index (χ3n) is 2.42. The lowest BCUT2D eigenvalue weighted by Gasteiger charge is -1.89. The lowest BCUT2D eigenvalue weighted by Crippen LogP contribution is -1.85. The molecule has 5 nitrogen and oxygen atoms in total. The van der Waals surface area contributed by atoms with Crippen LogP contribution < -0.4 is 5.73 Å². The fourth-order valence-electron chi connectivity index (χ4n) is 1.61. The first kappa shape index (κ1) is 9.41. The van der Waals surface area contributed by atoms with Crippen LogP contribution in [0.2, 0.25) is 0 Å². The first-order valence-electron chi connectivity index (χ1n) is 4.88. The van der Waals surface area contributed by atoms with E-state index in [-0.39, 0.29) is 0 Å². The summed E-state index contributed by atoms with van der Waals surface area (Å²) < 4.78 is 11.0. The van der Waals surface area contributed by atoms with Gasteiger partial charge in [0, 0.05) is 10.9 Å². The quantitative estimate of drug-likeness (QED) is 0.738. The van der Waals surface area contributed by atoms with E-state index in [9.17, 15) is 0 Å². The van der Waals surface area contributed by atoms with Gasteiger partial charge >= 0.3 is 0 Å². The van der Waals surface area contributed by atoms with Crippen LogP contribution in [0.15, 0.2) is 21.4 Å². The molecular weight excluding hydrogens is 226 g/mol. The smallest absolute Gasteiger partial charge is 0.201 e. The van der Waals surface area contributed by atoms with Crippen LogP contribution in [0, 0.1) is 0 Å². The lowest BCUT2D eigenvalue weighted by atomic mass is 10.2. The Morgan fingerprint density at radius 1 is 1.44 bits per heavy atom. The number of anilines is 1. The molecule has 0 aliphatic rings. The molecule has 0 aliphatic heterocycles. The highest BCUT2D eigenvalue weighted by Gasteiger charge is 2.19. The second-order valence-corrected chi connectivity index (χ2v) is 4.47. The van der Waals surface area contributed by atoms with E-state index in [0.717, 1.165) is 16.0 Å². The molecule has 0 bridgehead atoms. The van der Waals surface area contributed by atoms with Gasteiger partial charge in [0.15, 0.2) is 5.69 Å². The predicted octanol–water partition coefficient (Wildman–Crippen LogP) is 2.69. The zero-order chi connectivity index (χ0) is 11.1. The summed E-state index contributed by atoms with van der Waals surface area (Å²) in [4.78, 5) is 1.11. The molecule has 0 aliphatic carbocycles. The number of thiophene rings is 1. The van der Waals surface area contributed by atoms with Crippen molar-refractivity contribution in [3.05, 3.63) is 17.2 Å². The highest BCUT2D eigenvalue weighted by molar-refractivity contribution is 7.20. The Morgan fingerprint density at radius 3 is 3.00 bits per heavy atom. The maximum Gasteiger partial charge on any atom is 0.201 e. The monoisotopic (exact) mass is 235 g/mol. The number of nitrogens with zero attached hydrogens (tertiary/aromatic N) is 2. The van der Waals surface area contributed by atoms with Gasteiger partial charge in [-0.3, -0.25) is 0 Å². The van der Waals surface area contributed by atoms with Crippen molar-refractivity contribution < 1.29 is 9.05 Å². The zero-order valence-electron chi connectivity index (χ0n) is 8.56. The van der Waals surface area contributed by atoms with Crippen LogP contribution in [0.1, 0.15) is 11.8 Å². The predicted molar refractivity (Wildman–Crippen MR) is 61.2 cm³/mol. The number of aryl methyl sites for hydroxylation is 1. The van der Waals surface area contributed by atoms with Crippen molar-refractivity contribution in [1.29, 1.82) is 0 Å². The van der Waals surface area contributed by atoms with Crippen LogP contribution in [0.3, 0.4) is 0 Å². The average molecular weight is 235 g/mol. The number of nitrogens with two attached hydrogens (primary N) is 1. The molecule has 0 spiro atoms. The highest BCUT2D eigenvalue weighted by Crippen LogP contribution is 2.39. The fourth-order valence-corrected chi connectivity index (χ4v) is 2.68. The van der Waals surface area contributed by atoms with Gasteiger partial charge in [0.2, 0.25) is 5.58 Å². The van der Waals surface area contributed by atoms with Crippen LogP contribution in [0.5, 0.6) is 0 Å². The van der Waals surface area contributed by atoms with E-state index in [4.69, 9.17) is 14.8 Å². The van der Waals surface area contributed by atoms with Crippen molar-refractivity contribution in [3.8, 4) is 11.4 Å². The van der Waals surface area contributed by atoms with Crippen LogP contribution in [0.4, 0.5) is 5.69 Å². The van der Waals surface area contributed by atoms with Crippen molar-refractivity contribution in [2.24, 2.45) is 0 Å². The van der Waals surface area contributed by atoms with Gasteiger partial charge in [-0.25, -0.2) is 0 Å². The molecule has 0 saturated carbocycles. The number of rotatable bonds is 2. The summed E-state index contributed by atoms with van der Waals surface area (Å²) in [6, 6.07) is 1.75. The standard InChI is InChI=1S/C10H9N3O2S/c1-2-6-7(11)9-10(16-6)8(13-15-9)5-3-4-14-12-5/h3-4H,2,11H2,1H3. The molecule has 3 rings (SSSR count). The van der Waals surface area contributed by atoms with Gasteiger partial charge in [-0.15, -0.1) is 11.3 Å². The van der Waals surface area contributed by atoms with Crippen molar-refractivity contribution in [3.63, 3.8) is 0 Å². The summed E-state index contributed by atoms with van der Waals surface area (Å²) >= 11 is 1.59. The molecule has 3 aromatic rings. The van der Waals surface area contributed by atoms with E-state index in [2.05, 4.69) is 17.2 Å². The lowest BCUT2D eigenvalue weighted by molar-refractivity contribution is 0.419. The van der Waals surface area contributed by atoms with E-state index in [1.165, 1.54) is 6.26 Å². The number of nitrogen functional groups attached to an aromatic ring is 1. The molecule has 0 atom stereocenters. The average Bonchev–Trinajstić information content (AvgIpc) is 2.96. The van der Waals surface area contributed by atoms with E-state index in [1.54, 1.807) is 17.4 Å². The van der Waals surface area contributed by atoms with Crippen molar-refractivity contribution in [2.45, 2.75) is 13.3 Å². The third kappa shape index (κ3) is 1.16. The number of fused-ring (bicyclic) bond motifs is 1. The molecular formula is C10H9N3O2S. The molecule has 82 valence electrons. The Hall–Kier alpha value is -1.82. The number of hydrogen-bond donors (Lipinski definition) is 1. The Balaban J connectivity index is 2.28. The van der Waals surface area contributed by atoms with Gasteiger partial charge in [0.25, 0.3) is 0 Å². The Morgan fingerprint density at radius 2 is 2.31 bits per heavy atom. The van der Waals surface area contributed by atoms with Gasteiger partial charge in [0.1, 0.15) is 16.7 Å². The maximum atomic E-state index is 5.95. The second kappa shape index (κ2) is 3.34. The Bertz CT molecular complexity index is 624. The van der Waals surface area contributed by atoms with Crippen LogP contribution >= 0.6 is 11.3 Å². The SMILES string of the molecule is CCc1sc2c(-c3ccon3)noc2c1N. The van der Waals surface area contributed by atoms with E-state index < -0.39 is 0 Å². The highest BCUT2D eigenvalue weighted by atomic mass is 32.1. The zero-order valence-corrected chi connectivity index (χ0v) is 9.37. The minimum absolute atomic E-state index is 0.653. The number of aromatic nitrogens is 2. The molecule has 0 unspecified atom stereocenters. The largest absolute Gasteiger partial charge is 0.395 e. The van der Waals surface area contributed by atoms with Gasteiger partial charge in [-0.05, 0) is 6.42 Å². The summed E-state index contributed by atoms with van der Waals surface area (Å²) in [5.74, 6) is 0. The van der Waals surface area contributed by atoms with E-state index >= 15 is 0 Å². The molecule has 6 heteroatoms. The molecule has 3 heterocycles. The molecule has 0 aromatic carbocycles. The van der Waals surface area contributed by atoms with Crippen molar-refractivity contribution in [2.75, 3.05) is 5.73 Å². The van der Waals surface area contributed by atoms with Crippen LogP contribution in [0.25, 0.3) is 21.7 Å². The van der Waals surface area contributed by atoms with Gasteiger partial charge in [-0.1, -0.05) is 17.2 Å². The first-order chi connectivity index (χ1) is 7.81. The molecule has 0 saturated heterocycles. The summed E-state index contributed by atoms with van der Waals surface area (Å²) in [5, 5.41) is 7.81. The van der Waals surface area contributed by atoms with E-state index in [1.807, 2.05) is 0 Å². The van der Waals surface area contributed by atoms with Gasteiger partial charge in [-0.2, -0.15) is 0 Å². The van der Waals surface area contributed by atoms with Crippen LogP contribution in [-0.2, 0) is 6.42 Å².